The molecule has 0 fully saturated rings. The average molecular weight is 180 g/mol. The Hall–Kier alpha value is -0.520. The molecule has 0 saturated carbocycles. The van der Waals surface area contributed by atoms with Gasteiger partial charge in [-0.05, 0) is 25.7 Å². The summed E-state index contributed by atoms with van der Waals surface area (Å²) in [7, 11) is 0. The maximum absolute atomic E-state index is 2.32. The van der Waals surface area contributed by atoms with Gasteiger partial charge in [0.1, 0.15) is 0 Å². The van der Waals surface area contributed by atoms with E-state index in [0.717, 1.165) is 0 Å². The van der Waals surface area contributed by atoms with E-state index in [-0.39, 0.29) is 0 Å². The summed E-state index contributed by atoms with van der Waals surface area (Å²) in [5.74, 6) is 0. The summed E-state index contributed by atoms with van der Waals surface area (Å²) >= 11 is 0. The second-order valence-electron chi connectivity index (χ2n) is 3.45. The van der Waals surface area contributed by atoms with Crippen molar-refractivity contribution < 1.29 is 0 Å². The minimum Gasteiger partial charge on any atom is -0.0885 e. The maximum atomic E-state index is 2.32. The Morgan fingerprint density at radius 3 is 1.69 bits per heavy atom. The molecule has 0 rings (SSSR count). The third kappa shape index (κ3) is 11.5. The lowest BCUT2D eigenvalue weighted by molar-refractivity contribution is 0.811. The fourth-order valence-corrected chi connectivity index (χ4v) is 1.15. The topological polar surface area (TPSA) is 0 Å². The van der Waals surface area contributed by atoms with Crippen LogP contribution < -0.4 is 0 Å². The van der Waals surface area contributed by atoms with Crippen LogP contribution in [0, 0.1) is 0 Å². The third-order valence-corrected chi connectivity index (χ3v) is 2.01. The van der Waals surface area contributed by atoms with Crippen LogP contribution in [0.3, 0.4) is 0 Å². The summed E-state index contributed by atoms with van der Waals surface area (Å²) in [4.78, 5) is 0. The molecule has 76 valence electrons. The highest BCUT2D eigenvalue weighted by atomic mass is 13.9. The van der Waals surface area contributed by atoms with Gasteiger partial charge in [-0.25, -0.2) is 0 Å². The largest absolute Gasteiger partial charge is 0.0885 e. The van der Waals surface area contributed by atoms with Crippen LogP contribution >= 0.6 is 0 Å². The van der Waals surface area contributed by atoms with E-state index in [9.17, 15) is 0 Å². The van der Waals surface area contributed by atoms with Gasteiger partial charge in [0.2, 0.25) is 0 Å². The first kappa shape index (κ1) is 12.5. The van der Waals surface area contributed by atoms with Gasteiger partial charge < -0.3 is 0 Å². The molecule has 0 heteroatoms. The van der Waals surface area contributed by atoms with Crippen LogP contribution in [0.15, 0.2) is 24.3 Å². The summed E-state index contributed by atoms with van der Waals surface area (Å²) in [6.45, 7) is 4.45. The summed E-state index contributed by atoms with van der Waals surface area (Å²) in [5, 5.41) is 0. The third-order valence-electron chi connectivity index (χ3n) is 2.01. The molecule has 0 amide bonds. The smallest absolute Gasteiger partial charge is 0.0316 e. The van der Waals surface area contributed by atoms with Crippen LogP contribution in [0.1, 0.15) is 58.8 Å². The van der Waals surface area contributed by atoms with Crippen molar-refractivity contribution in [2.45, 2.75) is 58.8 Å². The number of hydrogen-bond acceptors (Lipinski definition) is 0. The molecule has 0 saturated heterocycles. The normalized spacial score (nSPS) is 11.8. The van der Waals surface area contributed by atoms with Crippen molar-refractivity contribution in [1.29, 1.82) is 0 Å². The van der Waals surface area contributed by atoms with Crippen molar-refractivity contribution in [3.8, 4) is 0 Å². The molecule has 0 nitrogen and oxygen atoms in total. The summed E-state index contributed by atoms with van der Waals surface area (Å²) in [5.41, 5.74) is 0. The van der Waals surface area contributed by atoms with E-state index in [0.29, 0.717) is 0 Å². The zero-order valence-corrected chi connectivity index (χ0v) is 9.26. The second-order valence-corrected chi connectivity index (χ2v) is 3.45. The maximum Gasteiger partial charge on any atom is -0.0316 e. The van der Waals surface area contributed by atoms with Crippen LogP contribution in [0.4, 0.5) is 0 Å². The molecular formula is C13H24. The highest BCUT2D eigenvalue weighted by molar-refractivity contribution is 4.87. The van der Waals surface area contributed by atoms with Gasteiger partial charge in [-0.3, -0.25) is 0 Å². The van der Waals surface area contributed by atoms with Crippen molar-refractivity contribution in [2.75, 3.05) is 0 Å². The molecular weight excluding hydrogens is 156 g/mol. The van der Waals surface area contributed by atoms with Crippen molar-refractivity contribution in [2.24, 2.45) is 0 Å². The molecule has 13 heavy (non-hydrogen) atoms. The monoisotopic (exact) mass is 180 g/mol. The van der Waals surface area contributed by atoms with Crippen molar-refractivity contribution >= 4 is 0 Å². The first-order chi connectivity index (χ1) is 6.41. The molecule has 0 aromatic rings. The number of hydrogen-bond donors (Lipinski definition) is 0. The van der Waals surface area contributed by atoms with Gasteiger partial charge in [0.15, 0.2) is 0 Å². The van der Waals surface area contributed by atoms with Gasteiger partial charge in [-0.1, -0.05) is 57.4 Å². The molecule has 0 spiro atoms. The fourth-order valence-electron chi connectivity index (χ4n) is 1.15. The first-order valence-electron chi connectivity index (χ1n) is 5.71. The molecule has 0 radical (unpaired) electrons. The van der Waals surface area contributed by atoms with Crippen molar-refractivity contribution in [3.05, 3.63) is 24.3 Å². The van der Waals surface area contributed by atoms with Gasteiger partial charge in [0, 0.05) is 0 Å². The highest BCUT2D eigenvalue weighted by Gasteiger charge is 1.79. The molecule has 0 unspecified atom stereocenters. The Morgan fingerprint density at radius 2 is 1.15 bits per heavy atom. The Morgan fingerprint density at radius 1 is 0.615 bits per heavy atom. The molecule has 0 atom stereocenters. The number of rotatable bonds is 8. The van der Waals surface area contributed by atoms with Crippen LogP contribution in [-0.2, 0) is 0 Å². The van der Waals surface area contributed by atoms with Gasteiger partial charge in [-0.2, -0.15) is 0 Å². The Kier molecular flexibility index (Phi) is 11.0. The quantitative estimate of drug-likeness (QED) is 0.369. The Balaban J connectivity index is 3.10. The molecule has 0 N–H and O–H groups in total. The molecule has 0 aliphatic rings. The highest BCUT2D eigenvalue weighted by Crippen LogP contribution is 1.99. The minimum atomic E-state index is 1.21. The molecule has 0 aliphatic heterocycles. The number of unbranched alkanes of at least 4 members (excludes halogenated alkanes) is 4. The summed E-state index contributed by atoms with van der Waals surface area (Å²) < 4.78 is 0. The van der Waals surface area contributed by atoms with Crippen LogP contribution in [0.2, 0.25) is 0 Å². The van der Waals surface area contributed by atoms with Crippen LogP contribution in [0.5, 0.6) is 0 Å². The summed E-state index contributed by atoms with van der Waals surface area (Å²) in [6.07, 6.45) is 18.0. The minimum absolute atomic E-state index is 1.21. The SMILES string of the molecule is CCCC=CCCC=CCCCC. The van der Waals surface area contributed by atoms with Crippen LogP contribution in [-0.4, -0.2) is 0 Å². The molecule has 0 bridgehead atoms. The van der Waals surface area contributed by atoms with E-state index >= 15 is 0 Å². The van der Waals surface area contributed by atoms with Crippen molar-refractivity contribution in [1.82, 2.24) is 0 Å². The molecule has 0 aromatic heterocycles. The summed E-state index contributed by atoms with van der Waals surface area (Å²) in [6, 6.07) is 0. The Bertz CT molecular complexity index is 131. The predicted molar refractivity (Wildman–Crippen MR) is 61.9 cm³/mol. The standard InChI is InChI=1S/C13H24/c1-3-5-7-9-11-13-12-10-8-6-4-2/h7,9-10,12H,3-6,8,11,13H2,1-2H3. The van der Waals surface area contributed by atoms with E-state index < -0.39 is 0 Å². The van der Waals surface area contributed by atoms with Crippen LogP contribution in [0.25, 0.3) is 0 Å². The zero-order chi connectivity index (χ0) is 9.78. The average Bonchev–Trinajstić information content (AvgIpc) is 2.16. The van der Waals surface area contributed by atoms with Gasteiger partial charge in [0.05, 0.1) is 0 Å². The fraction of sp³-hybridized carbons (Fsp3) is 0.692. The Labute approximate surface area is 83.7 Å². The van der Waals surface area contributed by atoms with E-state index in [1.807, 2.05) is 0 Å². The first-order valence-corrected chi connectivity index (χ1v) is 5.71. The lowest BCUT2D eigenvalue weighted by Crippen LogP contribution is -1.69. The second kappa shape index (κ2) is 11.5. The van der Waals surface area contributed by atoms with Crippen molar-refractivity contribution in [3.63, 3.8) is 0 Å². The van der Waals surface area contributed by atoms with Gasteiger partial charge in [0.25, 0.3) is 0 Å². The number of allylic oxidation sites excluding steroid dienone is 4. The zero-order valence-electron chi connectivity index (χ0n) is 9.26. The molecule has 0 heterocycles. The predicted octanol–water partition coefficient (Wildman–Crippen LogP) is 4.87. The van der Waals surface area contributed by atoms with Gasteiger partial charge >= 0.3 is 0 Å². The molecule has 0 aromatic carbocycles. The lowest BCUT2D eigenvalue weighted by atomic mass is 10.2. The lowest BCUT2D eigenvalue weighted by Gasteiger charge is -1.89. The van der Waals surface area contributed by atoms with E-state index in [2.05, 4.69) is 38.2 Å². The van der Waals surface area contributed by atoms with E-state index in [1.54, 1.807) is 0 Å². The van der Waals surface area contributed by atoms with Gasteiger partial charge in [-0.15, -0.1) is 0 Å². The van der Waals surface area contributed by atoms with E-state index in [1.165, 1.54) is 44.9 Å². The molecule has 0 aliphatic carbocycles. The van der Waals surface area contributed by atoms with E-state index in [4.69, 9.17) is 0 Å².